The molecule has 1 aliphatic heterocycles. The Morgan fingerprint density at radius 2 is 1.82 bits per heavy atom. The van der Waals surface area contributed by atoms with Crippen LogP contribution in [0.15, 0.2) is 35.1 Å². The molecule has 4 atom stereocenters. The van der Waals surface area contributed by atoms with Crippen molar-refractivity contribution in [1.82, 2.24) is 9.80 Å². The summed E-state index contributed by atoms with van der Waals surface area (Å²) in [6.45, 7) is 1.92. The highest BCUT2D eigenvalue weighted by atomic mass is 16.4. The zero-order valence-corrected chi connectivity index (χ0v) is 23.0. The number of hydrogen-bond donors (Lipinski definition) is 5. The topological polar surface area (TPSA) is 162 Å². The van der Waals surface area contributed by atoms with Gasteiger partial charge >= 0.3 is 5.97 Å². The van der Waals surface area contributed by atoms with E-state index in [0.717, 1.165) is 18.7 Å². The second-order valence-electron chi connectivity index (χ2n) is 11.5. The fourth-order valence-electron chi connectivity index (χ4n) is 6.91. The minimum Gasteiger partial charge on any atom is -0.508 e. The molecule has 214 valence electrons. The van der Waals surface area contributed by atoms with Crippen LogP contribution in [0.5, 0.6) is 5.75 Å². The molecule has 5 N–H and O–H groups in total. The van der Waals surface area contributed by atoms with Gasteiger partial charge in [-0.3, -0.25) is 19.4 Å². The standard InChI is InChI=1S/C29H35N3O8/c1-30(2)18-12-15(13-32-8-6-5-7-9-32)23(33)20-16(18)10-14-11-17-22(31(3)4)25(35)21(28(38)39)27(37)29(17,40)26(36)19(14)24(20)34/h5-6,12,14,17,22,33-34,37,40H,7-11,13H2,1-4H3,(H,38,39)/t14-,17-,22+,29-/m0/s1. The molecule has 11 nitrogen and oxygen atoms in total. The van der Waals surface area contributed by atoms with Crippen LogP contribution in [0.3, 0.4) is 0 Å². The highest BCUT2D eigenvalue weighted by Crippen LogP contribution is 2.54. The van der Waals surface area contributed by atoms with Crippen LogP contribution in [-0.2, 0) is 27.3 Å². The third kappa shape index (κ3) is 3.94. The van der Waals surface area contributed by atoms with Gasteiger partial charge in [0.15, 0.2) is 17.1 Å². The van der Waals surface area contributed by atoms with Crippen molar-refractivity contribution in [3.63, 3.8) is 0 Å². The predicted molar refractivity (Wildman–Crippen MR) is 146 cm³/mol. The molecule has 1 fully saturated rings. The fourth-order valence-corrected chi connectivity index (χ4v) is 6.91. The summed E-state index contributed by atoms with van der Waals surface area (Å²) in [7, 11) is 6.77. The first-order valence-electron chi connectivity index (χ1n) is 13.3. The molecule has 0 spiro atoms. The Morgan fingerprint density at radius 1 is 1.12 bits per heavy atom. The molecule has 5 rings (SSSR count). The molecule has 0 unspecified atom stereocenters. The lowest BCUT2D eigenvalue weighted by atomic mass is 9.57. The Hall–Kier alpha value is -3.67. The molecule has 0 aromatic heterocycles. The van der Waals surface area contributed by atoms with Crippen LogP contribution in [0.2, 0.25) is 0 Å². The average Bonchev–Trinajstić information content (AvgIpc) is 2.87. The van der Waals surface area contributed by atoms with Crippen molar-refractivity contribution < 1.29 is 39.9 Å². The van der Waals surface area contributed by atoms with Gasteiger partial charge in [-0.2, -0.15) is 0 Å². The number of carbonyl (C=O) groups excluding carboxylic acids is 2. The number of benzene rings is 1. The average molecular weight is 554 g/mol. The van der Waals surface area contributed by atoms with E-state index >= 15 is 0 Å². The number of phenols is 1. The number of ketones is 2. The van der Waals surface area contributed by atoms with Crippen LogP contribution in [-0.4, -0.2) is 106 Å². The van der Waals surface area contributed by atoms with Crippen molar-refractivity contribution in [2.75, 3.05) is 46.2 Å². The maximum absolute atomic E-state index is 14.0. The SMILES string of the molecule is CN(C)c1cc(CN2CC=CCC2)c(O)c2c1C[C@H]1C[C@H]3[C@@H](N(C)C)C(=O)C(C(=O)O)=C(O)[C@@]3(O)C(=O)C1=C2O. The summed E-state index contributed by atoms with van der Waals surface area (Å²) < 4.78 is 0. The van der Waals surface area contributed by atoms with Crippen LogP contribution in [0.25, 0.3) is 5.76 Å². The summed E-state index contributed by atoms with van der Waals surface area (Å²) in [5, 5.41) is 55.3. The lowest BCUT2D eigenvalue weighted by molar-refractivity contribution is -0.155. The summed E-state index contributed by atoms with van der Waals surface area (Å²) in [6, 6.07) is 0.690. The molecular weight excluding hydrogens is 518 g/mol. The van der Waals surface area contributed by atoms with E-state index in [1.165, 1.54) is 19.0 Å². The van der Waals surface area contributed by atoms with Crippen molar-refractivity contribution in [3.8, 4) is 5.75 Å². The van der Waals surface area contributed by atoms with E-state index in [1.807, 2.05) is 25.1 Å². The molecule has 1 heterocycles. The van der Waals surface area contributed by atoms with E-state index in [9.17, 15) is 39.9 Å². The molecule has 1 aromatic carbocycles. The summed E-state index contributed by atoms with van der Waals surface area (Å²) in [6.07, 6.45) is 5.27. The molecule has 0 radical (unpaired) electrons. The van der Waals surface area contributed by atoms with Gasteiger partial charge in [-0.25, -0.2) is 4.79 Å². The molecule has 1 saturated carbocycles. The van der Waals surface area contributed by atoms with Gasteiger partial charge in [0.1, 0.15) is 17.1 Å². The van der Waals surface area contributed by atoms with E-state index in [4.69, 9.17) is 0 Å². The number of likely N-dealkylation sites (N-methyl/N-ethyl adjacent to an activating group) is 1. The molecule has 11 heteroatoms. The highest BCUT2D eigenvalue weighted by Gasteiger charge is 2.64. The van der Waals surface area contributed by atoms with Gasteiger partial charge in [-0.05, 0) is 50.9 Å². The van der Waals surface area contributed by atoms with Gasteiger partial charge in [-0.15, -0.1) is 0 Å². The maximum atomic E-state index is 14.0. The predicted octanol–water partition coefficient (Wildman–Crippen LogP) is 1.39. The van der Waals surface area contributed by atoms with Gasteiger partial charge in [0.2, 0.25) is 5.78 Å². The van der Waals surface area contributed by atoms with Crippen LogP contribution in [0.4, 0.5) is 5.69 Å². The lowest BCUT2D eigenvalue weighted by Gasteiger charge is -2.50. The van der Waals surface area contributed by atoms with Crippen molar-refractivity contribution in [2.24, 2.45) is 11.8 Å². The van der Waals surface area contributed by atoms with Gasteiger partial charge in [0.05, 0.1) is 11.6 Å². The molecule has 3 aliphatic carbocycles. The number of aliphatic hydroxyl groups is 3. The maximum Gasteiger partial charge on any atom is 0.342 e. The Kier molecular flexibility index (Phi) is 6.80. The van der Waals surface area contributed by atoms with Gasteiger partial charge < -0.3 is 30.4 Å². The number of aliphatic carboxylic acids is 1. The number of aromatic hydroxyl groups is 1. The summed E-state index contributed by atoms with van der Waals surface area (Å²) in [5.74, 6) is -7.41. The van der Waals surface area contributed by atoms with E-state index in [2.05, 4.69) is 17.1 Å². The molecule has 40 heavy (non-hydrogen) atoms. The molecule has 4 aliphatic rings. The number of fused-ring (bicyclic) bond motifs is 3. The van der Waals surface area contributed by atoms with Crippen molar-refractivity contribution in [1.29, 1.82) is 0 Å². The first-order valence-corrected chi connectivity index (χ1v) is 13.3. The van der Waals surface area contributed by atoms with E-state index in [0.29, 0.717) is 24.2 Å². The molecule has 1 aromatic rings. The van der Waals surface area contributed by atoms with Crippen LogP contribution in [0, 0.1) is 11.8 Å². The number of nitrogens with zero attached hydrogens (tertiary/aromatic N) is 3. The van der Waals surface area contributed by atoms with Crippen molar-refractivity contribution in [3.05, 3.63) is 51.8 Å². The summed E-state index contributed by atoms with van der Waals surface area (Å²) >= 11 is 0. The number of carbonyl (C=O) groups is 3. The number of carboxylic acid groups (broad SMARTS) is 1. The number of Topliss-reactive ketones (excluding diaryl/α,β-unsaturated/α-hetero) is 2. The number of carboxylic acids is 1. The normalized spacial score (nSPS) is 28.5. The third-order valence-corrected chi connectivity index (χ3v) is 8.76. The van der Waals surface area contributed by atoms with E-state index in [1.54, 1.807) is 0 Å². The first-order chi connectivity index (χ1) is 18.8. The van der Waals surface area contributed by atoms with Crippen molar-refractivity contribution in [2.45, 2.75) is 37.5 Å². The molecule has 0 bridgehead atoms. The molecular formula is C29H35N3O8. The highest BCUT2D eigenvalue weighted by molar-refractivity contribution is 6.23. The van der Waals surface area contributed by atoms with Gasteiger partial charge in [0, 0.05) is 56.5 Å². The van der Waals surface area contributed by atoms with E-state index < -0.39 is 58.1 Å². The minimum atomic E-state index is -2.73. The molecule has 0 saturated heterocycles. The number of hydrogen-bond acceptors (Lipinski definition) is 10. The third-order valence-electron chi connectivity index (χ3n) is 8.76. The minimum absolute atomic E-state index is 0.0160. The number of phenolic OH excluding ortho intramolecular Hbond substituents is 1. The summed E-state index contributed by atoms with van der Waals surface area (Å²) in [5.41, 5.74) is -1.92. The Labute approximate surface area is 231 Å². The summed E-state index contributed by atoms with van der Waals surface area (Å²) in [4.78, 5) is 44.6. The smallest absolute Gasteiger partial charge is 0.342 e. The largest absolute Gasteiger partial charge is 0.508 e. The Balaban J connectivity index is 1.70. The number of rotatable bonds is 5. The second kappa shape index (κ2) is 9.76. The van der Waals surface area contributed by atoms with Gasteiger partial charge in [-0.1, -0.05) is 12.2 Å². The second-order valence-corrected chi connectivity index (χ2v) is 11.5. The van der Waals surface area contributed by atoms with Gasteiger partial charge in [0.25, 0.3) is 0 Å². The quantitative estimate of drug-likeness (QED) is 0.265. The monoisotopic (exact) mass is 553 g/mol. The Bertz CT molecular complexity index is 1410. The Morgan fingerprint density at radius 3 is 2.40 bits per heavy atom. The number of aliphatic hydroxyl groups excluding tert-OH is 2. The van der Waals surface area contributed by atoms with Crippen LogP contribution < -0.4 is 4.90 Å². The van der Waals surface area contributed by atoms with Crippen LogP contribution >= 0.6 is 0 Å². The zero-order chi connectivity index (χ0) is 29.3. The number of anilines is 1. The van der Waals surface area contributed by atoms with Crippen molar-refractivity contribution >= 4 is 29.0 Å². The lowest BCUT2D eigenvalue weighted by Crippen LogP contribution is -2.65. The zero-order valence-electron chi connectivity index (χ0n) is 23.0. The fraction of sp³-hybridized carbons (Fsp3) is 0.483. The van der Waals surface area contributed by atoms with Crippen LogP contribution in [0.1, 0.15) is 29.5 Å². The van der Waals surface area contributed by atoms with E-state index in [-0.39, 0.29) is 29.7 Å². The first kappa shape index (κ1) is 27.9. The molecule has 0 amide bonds.